The van der Waals surface area contributed by atoms with Gasteiger partial charge >= 0.3 is 0 Å². The van der Waals surface area contributed by atoms with Crippen molar-refractivity contribution in [3.8, 4) is 5.75 Å². The number of aryl methyl sites for hydroxylation is 1. The van der Waals surface area contributed by atoms with Gasteiger partial charge in [0.1, 0.15) is 5.75 Å². The predicted octanol–water partition coefficient (Wildman–Crippen LogP) is 1.86. The molecule has 1 rings (SSSR count). The molecular formula is C9H12ClNO. The van der Waals surface area contributed by atoms with Gasteiger partial charge in [-0.15, -0.1) is 0 Å². The number of nitrogens with two attached hydrogens (primary N) is 1. The van der Waals surface area contributed by atoms with Crippen LogP contribution in [0.1, 0.15) is 11.1 Å². The predicted molar refractivity (Wildman–Crippen MR) is 50.6 cm³/mol. The molecule has 3 heteroatoms. The highest BCUT2D eigenvalue weighted by Gasteiger charge is 2.07. The third-order valence-corrected chi connectivity index (χ3v) is 2.17. The van der Waals surface area contributed by atoms with Gasteiger partial charge in [-0.1, -0.05) is 17.7 Å². The first-order valence-corrected chi connectivity index (χ1v) is 4.21. The van der Waals surface area contributed by atoms with Crippen LogP contribution in [-0.2, 0) is 6.42 Å². The van der Waals surface area contributed by atoms with Crippen molar-refractivity contribution in [2.24, 2.45) is 5.73 Å². The molecule has 0 amide bonds. The van der Waals surface area contributed by atoms with Crippen molar-refractivity contribution in [2.75, 3.05) is 6.54 Å². The van der Waals surface area contributed by atoms with Crippen molar-refractivity contribution in [1.29, 1.82) is 0 Å². The molecule has 0 aliphatic rings. The minimum atomic E-state index is 0.169. The summed E-state index contributed by atoms with van der Waals surface area (Å²) in [7, 11) is 0. The molecule has 0 spiro atoms. The summed E-state index contributed by atoms with van der Waals surface area (Å²) in [6.45, 7) is 2.45. The number of hydrogen-bond donors (Lipinski definition) is 2. The SMILES string of the molecule is Cc1ccc(Cl)c(O)c1CCN. The molecule has 0 unspecified atom stereocenters. The molecule has 0 saturated heterocycles. The van der Waals surface area contributed by atoms with Crippen LogP contribution in [0, 0.1) is 6.92 Å². The van der Waals surface area contributed by atoms with Gasteiger partial charge in [0.15, 0.2) is 0 Å². The van der Waals surface area contributed by atoms with Crippen LogP contribution in [0.5, 0.6) is 5.75 Å². The maximum Gasteiger partial charge on any atom is 0.137 e. The molecule has 12 heavy (non-hydrogen) atoms. The highest BCUT2D eigenvalue weighted by atomic mass is 35.5. The van der Waals surface area contributed by atoms with Gasteiger partial charge in [0, 0.05) is 0 Å². The fourth-order valence-corrected chi connectivity index (χ4v) is 1.35. The van der Waals surface area contributed by atoms with Crippen molar-refractivity contribution in [2.45, 2.75) is 13.3 Å². The van der Waals surface area contributed by atoms with Gasteiger partial charge in [-0.05, 0) is 37.1 Å². The van der Waals surface area contributed by atoms with E-state index in [0.29, 0.717) is 18.0 Å². The number of aromatic hydroxyl groups is 1. The van der Waals surface area contributed by atoms with E-state index in [4.69, 9.17) is 17.3 Å². The molecule has 2 nitrogen and oxygen atoms in total. The summed E-state index contributed by atoms with van der Waals surface area (Å²) >= 11 is 5.73. The Morgan fingerprint density at radius 1 is 1.50 bits per heavy atom. The summed E-state index contributed by atoms with van der Waals surface area (Å²) < 4.78 is 0. The van der Waals surface area contributed by atoms with E-state index in [1.165, 1.54) is 0 Å². The Balaban J connectivity index is 3.14. The molecule has 0 bridgehead atoms. The highest BCUT2D eigenvalue weighted by molar-refractivity contribution is 6.32. The minimum Gasteiger partial charge on any atom is -0.506 e. The first-order valence-electron chi connectivity index (χ1n) is 3.84. The molecule has 0 atom stereocenters. The Morgan fingerprint density at radius 2 is 2.17 bits per heavy atom. The Morgan fingerprint density at radius 3 is 2.75 bits per heavy atom. The molecule has 0 aromatic heterocycles. The number of phenols is 1. The molecule has 1 aromatic rings. The average molecular weight is 186 g/mol. The third-order valence-electron chi connectivity index (χ3n) is 1.86. The maximum atomic E-state index is 9.52. The normalized spacial score (nSPS) is 10.2. The van der Waals surface area contributed by atoms with Gasteiger partial charge in [-0.2, -0.15) is 0 Å². The quantitative estimate of drug-likeness (QED) is 0.739. The molecule has 3 N–H and O–H groups in total. The molecule has 0 radical (unpaired) electrons. The molecule has 0 aliphatic carbocycles. The maximum absolute atomic E-state index is 9.52. The van der Waals surface area contributed by atoms with E-state index < -0.39 is 0 Å². The Bertz CT molecular complexity index is 286. The summed E-state index contributed by atoms with van der Waals surface area (Å²) in [5, 5.41) is 9.91. The second kappa shape index (κ2) is 3.78. The van der Waals surface area contributed by atoms with Crippen molar-refractivity contribution in [1.82, 2.24) is 0 Å². The third kappa shape index (κ3) is 1.71. The van der Waals surface area contributed by atoms with Crippen LogP contribution in [0.3, 0.4) is 0 Å². The Hall–Kier alpha value is -0.730. The van der Waals surface area contributed by atoms with E-state index in [-0.39, 0.29) is 5.75 Å². The monoisotopic (exact) mass is 185 g/mol. The van der Waals surface area contributed by atoms with Crippen LogP contribution < -0.4 is 5.73 Å². The first kappa shape index (κ1) is 9.36. The van der Waals surface area contributed by atoms with Gasteiger partial charge in [-0.25, -0.2) is 0 Å². The van der Waals surface area contributed by atoms with E-state index in [1.54, 1.807) is 6.07 Å². The van der Waals surface area contributed by atoms with E-state index in [2.05, 4.69) is 0 Å². The lowest BCUT2D eigenvalue weighted by Gasteiger charge is -2.07. The van der Waals surface area contributed by atoms with Crippen molar-refractivity contribution >= 4 is 11.6 Å². The zero-order valence-corrected chi connectivity index (χ0v) is 7.73. The van der Waals surface area contributed by atoms with Gasteiger partial charge in [0.2, 0.25) is 0 Å². The van der Waals surface area contributed by atoms with Crippen molar-refractivity contribution in [3.63, 3.8) is 0 Å². The fourth-order valence-electron chi connectivity index (χ4n) is 1.17. The van der Waals surface area contributed by atoms with Crippen LogP contribution in [0.4, 0.5) is 0 Å². The molecule has 0 aliphatic heterocycles. The Labute approximate surface area is 77.0 Å². The number of phenolic OH excluding ortho intramolecular Hbond substituents is 1. The number of rotatable bonds is 2. The van der Waals surface area contributed by atoms with E-state index in [9.17, 15) is 5.11 Å². The minimum absolute atomic E-state index is 0.169. The molecule has 0 fully saturated rings. The molecule has 0 heterocycles. The lowest BCUT2D eigenvalue weighted by atomic mass is 10.0. The van der Waals surface area contributed by atoms with Crippen molar-refractivity contribution < 1.29 is 5.11 Å². The summed E-state index contributed by atoms with van der Waals surface area (Å²) in [5.41, 5.74) is 7.28. The number of hydrogen-bond acceptors (Lipinski definition) is 2. The van der Waals surface area contributed by atoms with Crippen LogP contribution in [0.25, 0.3) is 0 Å². The lowest BCUT2D eigenvalue weighted by molar-refractivity contribution is 0.468. The van der Waals surface area contributed by atoms with Gasteiger partial charge in [0.05, 0.1) is 5.02 Å². The van der Waals surface area contributed by atoms with Gasteiger partial charge in [0.25, 0.3) is 0 Å². The van der Waals surface area contributed by atoms with Crippen LogP contribution in [0.15, 0.2) is 12.1 Å². The molecule has 66 valence electrons. The van der Waals surface area contributed by atoms with E-state index in [1.807, 2.05) is 13.0 Å². The number of halogens is 1. The number of benzene rings is 1. The zero-order chi connectivity index (χ0) is 9.14. The first-order chi connectivity index (χ1) is 5.66. The van der Waals surface area contributed by atoms with Gasteiger partial charge < -0.3 is 10.8 Å². The summed E-state index contributed by atoms with van der Waals surface area (Å²) in [6.07, 6.45) is 0.665. The van der Waals surface area contributed by atoms with E-state index >= 15 is 0 Å². The largest absolute Gasteiger partial charge is 0.506 e. The van der Waals surface area contributed by atoms with Crippen molar-refractivity contribution in [3.05, 3.63) is 28.3 Å². The smallest absolute Gasteiger partial charge is 0.137 e. The van der Waals surface area contributed by atoms with Gasteiger partial charge in [-0.3, -0.25) is 0 Å². The van der Waals surface area contributed by atoms with Crippen LogP contribution >= 0.6 is 11.6 Å². The summed E-state index contributed by atoms with van der Waals surface area (Å²) in [6, 6.07) is 3.57. The van der Waals surface area contributed by atoms with Crippen LogP contribution in [0.2, 0.25) is 5.02 Å². The van der Waals surface area contributed by atoms with E-state index in [0.717, 1.165) is 11.1 Å². The molecular weight excluding hydrogens is 174 g/mol. The zero-order valence-electron chi connectivity index (χ0n) is 6.97. The standard InChI is InChI=1S/C9H12ClNO/c1-6-2-3-8(10)9(12)7(6)4-5-11/h2-3,12H,4-5,11H2,1H3. The average Bonchev–Trinajstić information content (AvgIpc) is 2.06. The second-order valence-corrected chi connectivity index (χ2v) is 3.14. The summed E-state index contributed by atoms with van der Waals surface area (Å²) in [4.78, 5) is 0. The second-order valence-electron chi connectivity index (χ2n) is 2.73. The Kier molecular flexibility index (Phi) is 2.95. The highest BCUT2D eigenvalue weighted by Crippen LogP contribution is 2.29. The molecule has 1 aromatic carbocycles. The fraction of sp³-hybridized carbons (Fsp3) is 0.333. The summed E-state index contributed by atoms with van der Waals surface area (Å²) in [5.74, 6) is 0.169. The molecule has 0 saturated carbocycles. The van der Waals surface area contributed by atoms with Crippen LogP contribution in [-0.4, -0.2) is 11.7 Å². The lowest BCUT2D eigenvalue weighted by Crippen LogP contribution is -2.04. The topological polar surface area (TPSA) is 46.2 Å².